The summed E-state index contributed by atoms with van der Waals surface area (Å²) in [4.78, 5) is 13.1. The summed E-state index contributed by atoms with van der Waals surface area (Å²) in [5, 5.41) is 10.7. The minimum atomic E-state index is -0.0337. The third-order valence-electron chi connectivity index (χ3n) is 5.14. The molecule has 7 heteroatoms. The molecule has 0 N–H and O–H groups in total. The van der Waals surface area contributed by atoms with Crippen molar-refractivity contribution in [2.45, 2.75) is 43.6 Å². The van der Waals surface area contributed by atoms with Crippen molar-refractivity contribution in [3.8, 4) is 0 Å². The van der Waals surface area contributed by atoms with E-state index in [0.29, 0.717) is 30.9 Å². The van der Waals surface area contributed by atoms with Gasteiger partial charge in [0.25, 0.3) is 5.56 Å². The fourth-order valence-corrected chi connectivity index (χ4v) is 4.75. The summed E-state index contributed by atoms with van der Waals surface area (Å²) in [7, 11) is 0. The van der Waals surface area contributed by atoms with E-state index in [9.17, 15) is 4.79 Å². The van der Waals surface area contributed by atoms with Crippen LogP contribution in [0.15, 0.2) is 64.5 Å². The number of aromatic nitrogens is 4. The van der Waals surface area contributed by atoms with Gasteiger partial charge in [0.2, 0.25) is 5.78 Å². The van der Waals surface area contributed by atoms with Gasteiger partial charge < -0.3 is 4.74 Å². The molecule has 1 unspecified atom stereocenters. The van der Waals surface area contributed by atoms with Gasteiger partial charge in [-0.3, -0.25) is 13.8 Å². The van der Waals surface area contributed by atoms with E-state index in [1.807, 2.05) is 41.7 Å². The van der Waals surface area contributed by atoms with Gasteiger partial charge in [-0.1, -0.05) is 61.2 Å². The van der Waals surface area contributed by atoms with E-state index < -0.39 is 0 Å². The SMILES string of the molecule is CCOCCCn1c(=O)c2ccccc2n2c(SC(CC)c3ccccc3)nnc12. The summed E-state index contributed by atoms with van der Waals surface area (Å²) >= 11 is 1.69. The van der Waals surface area contributed by atoms with Gasteiger partial charge in [-0.2, -0.15) is 0 Å². The number of rotatable bonds is 9. The summed E-state index contributed by atoms with van der Waals surface area (Å²) in [6.45, 7) is 5.98. The van der Waals surface area contributed by atoms with Crippen molar-refractivity contribution in [1.82, 2.24) is 19.2 Å². The van der Waals surface area contributed by atoms with E-state index in [2.05, 4.69) is 41.4 Å². The van der Waals surface area contributed by atoms with Crippen LogP contribution in [0.1, 0.15) is 37.5 Å². The second-order valence-corrected chi connectivity index (χ2v) is 8.24. The van der Waals surface area contributed by atoms with E-state index in [4.69, 9.17) is 4.74 Å². The highest BCUT2D eigenvalue weighted by Gasteiger charge is 2.20. The molecule has 0 radical (unpaired) electrons. The van der Waals surface area contributed by atoms with E-state index in [1.165, 1.54) is 5.56 Å². The molecule has 0 amide bonds. The normalized spacial score (nSPS) is 12.6. The Morgan fingerprint density at radius 3 is 2.57 bits per heavy atom. The predicted molar refractivity (Wildman–Crippen MR) is 121 cm³/mol. The third-order valence-corrected chi connectivity index (χ3v) is 6.51. The minimum Gasteiger partial charge on any atom is -0.382 e. The molecule has 4 rings (SSSR count). The van der Waals surface area contributed by atoms with Crippen molar-refractivity contribution in [3.05, 3.63) is 70.5 Å². The van der Waals surface area contributed by atoms with Crippen molar-refractivity contribution in [3.63, 3.8) is 0 Å². The van der Waals surface area contributed by atoms with Crippen molar-refractivity contribution >= 4 is 28.4 Å². The van der Waals surface area contributed by atoms with Crippen LogP contribution >= 0.6 is 11.8 Å². The largest absolute Gasteiger partial charge is 0.382 e. The first-order valence-electron chi connectivity index (χ1n) is 10.4. The first kappa shape index (κ1) is 20.6. The van der Waals surface area contributed by atoms with Gasteiger partial charge in [0.15, 0.2) is 5.16 Å². The molecule has 0 saturated heterocycles. The molecule has 2 aromatic carbocycles. The van der Waals surface area contributed by atoms with Crippen LogP contribution in [0.3, 0.4) is 0 Å². The molecular weight excluding hydrogens is 396 g/mol. The zero-order chi connectivity index (χ0) is 20.9. The molecule has 4 aromatic rings. The Morgan fingerprint density at radius 2 is 1.80 bits per heavy atom. The first-order chi connectivity index (χ1) is 14.7. The molecule has 0 spiro atoms. The Morgan fingerprint density at radius 1 is 1.03 bits per heavy atom. The number of fused-ring (bicyclic) bond motifs is 3. The number of hydrogen-bond donors (Lipinski definition) is 0. The Hall–Kier alpha value is -2.64. The summed E-state index contributed by atoms with van der Waals surface area (Å²) in [6.07, 6.45) is 1.72. The zero-order valence-corrected chi connectivity index (χ0v) is 18.1. The maximum absolute atomic E-state index is 13.1. The Kier molecular flexibility index (Phi) is 6.50. The molecule has 2 aromatic heterocycles. The second-order valence-electron chi connectivity index (χ2n) is 7.07. The molecule has 0 saturated carbocycles. The second kappa shape index (κ2) is 9.45. The quantitative estimate of drug-likeness (QED) is 0.289. The topological polar surface area (TPSA) is 61.4 Å². The van der Waals surface area contributed by atoms with Gasteiger partial charge in [0, 0.05) is 25.0 Å². The number of hydrogen-bond acceptors (Lipinski definition) is 5. The number of aryl methyl sites for hydroxylation is 1. The summed E-state index contributed by atoms with van der Waals surface area (Å²) in [5.74, 6) is 0.584. The number of thioether (sulfide) groups is 1. The van der Waals surface area contributed by atoms with Crippen molar-refractivity contribution in [2.24, 2.45) is 0 Å². The fraction of sp³-hybridized carbons (Fsp3) is 0.348. The lowest BCUT2D eigenvalue weighted by atomic mass is 10.1. The molecule has 0 bridgehead atoms. The maximum Gasteiger partial charge on any atom is 0.262 e. The van der Waals surface area contributed by atoms with Crippen molar-refractivity contribution < 1.29 is 4.74 Å². The molecule has 0 fully saturated rings. The standard InChI is InChI=1S/C23H26N4O2S/c1-3-20(17-11-6-5-7-12-17)30-23-25-24-22-26(15-10-16-29-4-2)21(28)18-13-8-9-14-19(18)27(22)23/h5-9,11-14,20H,3-4,10,15-16H2,1-2H3. The van der Waals surface area contributed by atoms with E-state index >= 15 is 0 Å². The van der Waals surface area contributed by atoms with Gasteiger partial charge >= 0.3 is 0 Å². The molecule has 0 aliphatic carbocycles. The van der Waals surface area contributed by atoms with Crippen molar-refractivity contribution in [1.29, 1.82) is 0 Å². The van der Waals surface area contributed by atoms with Crippen molar-refractivity contribution in [2.75, 3.05) is 13.2 Å². The van der Waals surface area contributed by atoms with Crippen LogP contribution in [0.5, 0.6) is 0 Å². The molecule has 30 heavy (non-hydrogen) atoms. The van der Waals surface area contributed by atoms with Crippen LogP contribution in [0, 0.1) is 0 Å². The average molecular weight is 423 g/mol. The highest BCUT2D eigenvalue weighted by molar-refractivity contribution is 7.99. The molecule has 2 heterocycles. The number of para-hydroxylation sites is 1. The molecule has 6 nitrogen and oxygen atoms in total. The number of nitrogens with zero attached hydrogens (tertiary/aromatic N) is 4. The Balaban J connectivity index is 1.80. The van der Waals surface area contributed by atoms with Gasteiger partial charge in [-0.05, 0) is 37.5 Å². The van der Waals surface area contributed by atoms with Crippen LogP contribution in [0.2, 0.25) is 0 Å². The number of ether oxygens (including phenoxy) is 1. The van der Waals surface area contributed by atoms with Gasteiger partial charge in [-0.25, -0.2) is 0 Å². The lowest BCUT2D eigenvalue weighted by molar-refractivity contribution is 0.141. The smallest absolute Gasteiger partial charge is 0.262 e. The van der Waals surface area contributed by atoms with Crippen LogP contribution in [-0.2, 0) is 11.3 Å². The molecule has 0 aliphatic heterocycles. The first-order valence-corrected chi connectivity index (χ1v) is 11.3. The lowest BCUT2D eigenvalue weighted by Crippen LogP contribution is -2.24. The Bertz CT molecular complexity index is 1190. The van der Waals surface area contributed by atoms with Crippen LogP contribution in [-0.4, -0.2) is 32.4 Å². The minimum absolute atomic E-state index is 0.0337. The highest BCUT2D eigenvalue weighted by Crippen LogP contribution is 2.37. The molecular formula is C23H26N4O2S. The van der Waals surface area contributed by atoms with Gasteiger partial charge in [0.05, 0.1) is 10.9 Å². The molecule has 156 valence electrons. The lowest BCUT2D eigenvalue weighted by Gasteiger charge is -2.15. The maximum atomic E-state index is 13.1. The zero-order valence-electron chi connectivity index (χ0n) is 17.3. The van der Waals surface area contributed by atoms with Gasteiger partial charge in [-0.15, -0.1) is 10.2 Å². The third kappa shape index (κ3) is 4.00. The summed E-state index contributed by atoms with van der Waals surface area (Å²) < 4.78 is 9.20. The highest BCUT2D eigenvalue weighted by atomic mass is 32.2. The average Bonchev–Trinajstić information content (AvgIpc) is 3.21. The number of benzene rings is 2. The predicted octanol–water partition coefficient (Wildman–Crippen LogP) is 4.71. The van der Waals surface area contributed by atoms with E-state index in [1.54, 1.807) is 16.3 Å². The van der Waals surface area contributed by atoms with E-state index in [-0.39, 0.29) is 10.8 Å². The van der Waals surface area contributed by atoms with Crippen LogP contribution in [0.25, 0.3) is 16.7 Å². The monoisotopic (exact) mass is 422 g/mol. The molecule has 0 aliphatic rings. The van der Waals surface area contributed by atoms with Crippen LogP contribution in [0.4, 0.5) is 0 Å². The summed E-state index contributed by atoms with van der Waals surface area (Å²) in [6, 6.07) is 18.1. The van der Waals surface area contributed by atoms with Gasteiger partial charge in [0.1, 0.15) is 0 Å². The molecule has 1 atom stereocenters. The van der Waals surface area contributed by atoms with E-state index in [0.717, 1.165) is 23.5 Å². The summed E-state index contributed by atoms with van der Waals surface area (Å²) in [5.41, 5.74) is 2.07. The van der Waals surface area contributed by atoms with Crippen LogP contribution < -0.4 is 5.56 Å². The fourth-order valence-electron chi connectivity index (χ4n) is 3.66. The Labute approximate surface area is 179 Å².